The molecule has 1 unspecified atom stereocenters. The lowest BCUT2D eigenvalue weighted by Gasteiger charge is -2.18. The fourth-order valence-electron chi connectivity index (χ4n) is 3.87. The lowest BCUT2D eigenvalue weighted by Crippen LogP contribution is -2.39. The quantitative estimate of drug-likeness (QED) is 0.206. The third-order valence-corrected chi connectivity index (χ3v) is 5.80. The number of carbonyl (C=O) groups excluding carboxylic acids is 2. The Morgan fingerprint density at radius 2 is 1.75 bits per heavy atom. The third-order valence-electron chi connectivity index (χ3n) is 5.80. The Morgan fingerprint density at radius 3 is 2.42 bits per heavy atom. The van der Waals surface area contributed by atoms with Crippen LogP contribution in [-0.4, -0.2) is 53.2 Å². The van der Waals surface area contributed by atoms with Crippen molar-refractivity contribution < 1.29 is 37.0 Å². The minimum absolute atomic E-state index is 0.0107. The van der Waals surface area contributed by atoms with Gasteiger partial charge in [-0.3, -0.25) is 14.7 Å². The number of aliphatic hydroxyl groups excluding tert-OH is 1. The Bertz CT molecular complexity index is 1600. The van der Waals surface area contributed by atoms with Crippen molar-refractivity contribution >= 4 is 22.7 Å². The predicted molar refractivity (Wildman–Crippen MR) is 137 cm³/mol. The number of hydrogen-bond acceptors (Lipinski definition) is 5. The van der Waals surface area contributed by atoms with Crippen molar-refractivity contribution in [2.24, 2.45) is 0 Å². The summed E-state index contributed by atoms with van der Waals surface area (Å²) in [5.41, 5.74) is 1.20. The van der Waals surface area contributed by atoms with Gasteiger partial charge in [-0.1, -0.05) is 24.0 Å². The second kappa shape index (κ2) is 11.9. The molecule has 12 heteroatoms. The molecular formula is C28H22F4N4O4. The number of rotatable bonds is 7. The molecule has 4 rings (SSSR count). The number of ether oxygens (including phenoxy) is 1. The van der Waals surface area contributed by atoms with Gasteiger partial charge in [0.1, 0.15) is 11.3 Å². The van der Waals surface area contributed by atoms with Gasteiger partial charge in [-0.05, 0) is 48.5 Å². The fourth-order valence-corrected chi connectivity index (χ4v) is 3.87. The number of halogens is 4. The second-order valence-electron chi connectivity index (χ2n) is 8.56. The Labute approximate surface area is 225 Å². The van der Waals surface area contributed by atoms with Crippen LogP contribution < -0.4 is 15.4 Å². The number of H-pyrrole nitrogens is 1. The summed E-state index contributed by atoms with van der Waals surface area (Å²) in [6.07, 6.45) is -5.08. The minimum Gasteiger partial charge on any atom is -0.405 e. The summed E-state index contributed by atoms with van der Waals surface area (Å²) in [6, 6.07) is 13.1. The summed E-state index contributed by atoms with van der Waals surface area (Å²) >= 11 is 0. The van der Waals surface area contributed by atoms with Crippen LogP contribution in [0.4, 0.5) is 17.6 Å². The standard InChI is InChI=1S/C28H22F4N4O4/c1-33-26(38)18-10-7-16(8-11-18)5-6-17-9-12-24(40-28(30,31)32)21(13-17)27(39)34-19(15-37)14-23-20-3-2-4-22(29)25(20)36-35-23/h2-4,7-13,19,37H,14-15H2,1H3,(H,33,38)(H,34,39)(H,35,36). The number of carbonyl (C=O) groups is 2. The van der Waals surface area contributed by atoms with Crippen LogP contribution in [0.25, 0.3) is 10.9 Å². The maximum Gasteiger partial charge on any atom is 0.573 e. The average Bonchev–Trinajstić information content (AvgIpc) is 3.35. The third kappa shape index (κ3) is 6.75. The number of hydrogen-bond donors (Lipinski definition) is 4. The van der Waals surface area contributed by atoms with Gasteiger partial charge in [-0.25, -0.2) is 4.39 Å². The molecule has 0 saturated heterocycles. The van der Waals surface area contributed by atoms with Gasteiger partial charge in [0.25, 0.3) is 11.8 Å². The van der Waals surface area contributed by atoms with Crippen LogP contribution in [0.2, 0.25) is 0 Å². The topological polar surface area (TPSA) is 116 Å². The van der Waals surface area contributed by atoms with Crippen molar-refractivity contribution in [3.63, 3.8) is 0 Å². The molecule has 0 aliphatic heterocycles. The summed E-state index contributed by atoms with van der Waals surface area (Å²) < 4.78 is 57.1. The highest BCUT2D eigenvalue weighted by atomic mass is 19.4. The van der Waals surface area contributed by atoms with E-state index in [0.717, 1.165) is 12.1 Å². The van der Waals surface area contributed by atoms with E-state index in [1.165, 1.54) is 25.2 Å². The first-order chi connectivity index (χ1) is 19.1. The monoisotopic (exact) mass is 554 g/mol. The van der Waals surface area contributed by atoms with E-state index in [1.54, 1.807) is 30.3 Å². The summed E-state index contributed by atoms with van der Waals surface area (Å²) in [7, 11) is 1.50. The summed E-state index contributed by atoms with van der Waals surface area (Å²) in [4.78, 5) is 24.8. The molecule has 0 radical (unpaired) electrons. The number of aliphatic hydroxyl groups is 1. The van der Waals surface area contributed by atoms with Gasteiger partial charge in [0.2, 0.25) is 0 Å². The van der Waals surface area contributed by atoms with Crippen LogP contribution in [0.1, 0.15) is 37.5 Å². The molecule has 0 spiro atoms. The molecule has 0 saturated carbocycles. The molecule has 4 N–H and O–H groups in total. The molecule has 0 bridgehead atoms. The molecule has 2 amide bonds. The molecule has 8 nitrogen and oxygen atoms in total. The first-order valence-corrected chi connectivity index (χ1v) is 11.8. The van der Waals surface area contributed by atoms with Crippen molar-refractivity contribution in [3.05, 3.63) is 94.4 Å². The van der Waals surface area contributed by atoms with E-state index in [4.69, 9.17) is 0 Å². The highest BCUT2D eigenvalue weighted by molar-refractivity contribution is 5.97. The van der Waals surface area contributed by atoms with Crippen molar-refractivity contribution in [3.8, 4) is 17.6 Å². The smallest absolute Gasteiger partial charge is 0.405 e. The van der Waals surface area contributed by atoms with Crippen LogP contribution in [-0.2, 0) is 6.42 Å². The Balaban J connectivity index is 1.58. The van der Waals surface area contributed by atoms with E-state index in [2.05, 4.69) is 37.4 Å². The molecule has 40 heavy (non-hydrogen) atoms. The highest BCUT2D eigenvalue weighted by Crippen LogP contribution is 2.28. The van der Waals surface area contributed by atoms with E-state index in [0.29, 0.717) is 22.2 Å². The van der Waals surface area contributed by atoms with Gasteiger partial charge in [-0.15, -0.1) is 13.2 Å². The normalized spacial score (nSPS) is 11.8. The molecule has 1 aromatic heterocycles. The van der Waals surface area contributed by atoms with Crippen molar-refractivity contribution in [1.29, 1.82) is 0 Å². The number of alkyl halides is 3. The van der Waals surface area contributed by atoms with Gasteiger partial charge < -0.3 is 20.5 Å². The second-order valence-corrected chi connectivity index (χ2v) is 8.56. The maximum atomic E-state index is 14.0. The number of benzene rings is 3. The minimum atomic E-state index is -5.07. The molecule has 0 aliphatic carbocycles. The number of aromatic amines is 1. The largest absolute Gasteiger partial charge is 0.573 e. The maximum absolute atomic E-state index is 14.0. The lowest BCUT2D eigenvalue weighted by atomic mass is 10.1. The van der Waals surface area contributed by atoms with E-state index in [9.17, 15) is 32.3 Å². The van der Waals surface area contributed by atoms with E-state index in [1.807, 2.05) is 0 Å². The molecule has 206 valence electrons. The van der Waals surface area contributed by atoms with Gasteiger partial charge in [-0.2, -0.15) is 5.10 Å². The van der Waals surface area contributed by atoms with Crippen molar-refractivity contribution in [2.45, 2.75) is 18.8 Å². The van der Waals surface area contributed by atoms with Crippen LogP contribution in [0.15, 0.2) is 60.7 Å². The van der Waals surface area contributed by atoms with E-state index >= 15 is 0 Å². The molecule has 0 fully saturated rings. The number of nitrogens with zero attached hydrogens (tertiary/aromatic N) is 1. The van der Waals surface area contributed by atoms with E-state index < -0.39 is 42.0 Å². The molecule has 1 heterocycles. The summed E-state index contributed by atoms with van der Waals surface area (Å²) in [5, 5.41) is 21.8. The molecule has 4 aromatic rings. The van der Waals surface area contributed by atoms with Crippen LogP contribution in [0, 0.1) is 17.7 Å². The van der Waals surface area contributed by atoms with Gasteiger partial charge in [0.05, 0.1) is 18.2 Å². The number of nitrogens with one attached hydrogen (secondary N) is 3. The Kier molecular flexibility index (Phi) is 8.35. The lowest BCUT2D eigenvalue weighted by molar-refractivity contribution is -0.274. The van der Waals surface area contributed by atoms with Gasteiger partial charge >= 0.3 is 6.36 Å². The zero-order valence-corrected chi connectivity index (χ0v) is 20.9. The Morgan fingerprint density at radius 1 is 1.05 bits per heavy atom. The highest BCUT2D eigenvalue weighted by Gasteiger charge is 2.33. The molecule has 1 atom stereocenters. The number of fused-ring (bicyclic) bond motifs is 1. The first-order valence-electron chi connectivity index (χ1n) is 11.8. The zero-order valence-electron chi connectivity index (χ0n) is 20.9. The van der Waals surface area contributed by atoms with Crippen LogP contribution >= 0.6 is 0 Å². The van der Waals surface area contributed by atoms with Gasteiger partial charge in [0.15, 0.2) is 5.82 Å². The SMILES string of the molecule is CNC(=O)c1ccc(C#Cc2ccc(OC(F)(F)F)c(C(=O)NC(CO)Cc3[nH]nc4c(F)cccc34)c2)cc1. The van der Waals surface area contributed by atoms with Crippen molar-refractivity contribution in [1.82, 2.24) is 20.8 Å². The summed E-state index contributed by atoms with van der Waals surface area (Å²) in [5.74, 6) is 3.06. The van der Waals surface area contributed by atoms with Crippen molar-refractivity contribution in [2.75, 3.05) is 13.7 Å². The number of para-hydroxylation sites is 1. The molecular weight excluding hydrogens is 532 g/mol. The predicted octanol–water partition coefficient (Wildman–Crippen LogP) is 3.69. The number of aromatic nitrogens is 2. The van der Waals surface area contributed by atoms with Crippen LogP contribution in [0.3, 0.4) is 0 Å². The Hall–Kier alpha value is -4.89. The van der Waals surface area contributed by atoms with Crippen LogP contribution in [0.5, 0.6) is 5.75 Å². The van der Waals surface area contributed by atoms with Gasteiger partial charge in [0, 0.05) is 41.2 Å². The average molecular weight is 555 g/mol. The first kappa shape index (κ1) is 28.1. The fraction of sp³-hybridized carbons (Fsp3) is 0.179. The molecule has 0 aliphatic rings. The number of amides is 2. The molecule has 3 aromatic carbocycles. The zero-order chi connectivity index (χ0) is 28.9. The van der Waals surface area contributed by atoms with E-state index in [-0.39, 0.29) is 23.4 Å². The summed E-state index contributed by atoms with van der Waals surface area (Å²) in [6.45, 7) is -0.567.